The van der Waals surface area contributed by atoms with Crippen molar-refractivity contribution in [3.8, 4) is 0 Å². The molecule has 0 heterocycles. The summed E-state index contributed by atoms with van der Waals surface area (Å²) < 4.78 is 0. The first-order valence-corrected chi connectivity index (χ1v) is 10.8. The highest BCUT2D eigenvalue weighted by atomic mass is 127. The maximum atomic E-state index is 2.41. The van der Waals surface area contributed by atoms with Crippen LogP contribution < -0.4 is 0 Å². The van der Waals surface area contributed by atoms with E-state index in [1.165, 1.54) is 0 Å². The molecule has 5 heteroatoms. The Balaban J connectivity index is -0.0000000200. The largest absolute Gasteiger partial charge is 0.552 e. The molecule has 0 radical (unpaired) electrons. The molecule has 0 amide bonds. The second-order valence-electron chi connectivity index (χ2n) is 0.101. The van der Waals surface area contributed by atoms with Crippen LogP contribution in [0.3, 0.4) is 0 Å². The van der Waals surface area contributed by atoms with Crippen LogP contribution in [0.25, 0.3) is 0 Å². The minimum atomic E-state index is 0. The van der Waals surface area contributed by atoms with Crippen LogP contribution in [0, 0.1) is 0 Å². The van der Waals surface area contributed by atoms with E-state index in [9.17, 15) is 0 Å². The van der Waals surface area contributed by atoms with E-state index in [0.717, 1.165) is 0 Å². The van der Waals surface area contributed by atoms with E-state index in [0.29, 0.717) is 12.6 Å². The third-order valence-electron chi connectivity index (χ3n) is 0. The Morgan fingerprint density at radius 3 is 1.20 bits per heavy atom. The Bertz CT molecular complexity index is 7.61. The lowest BCUT2D eigenvalue weighted by molar-refractivity contribution is 5.52. The van der Waals surface area contributed by atoms with E-state index in [1.807, 2.05) is 0 Å². The van der Waals surface area contributed by atoms with Crippen molar-refractivity contribution in [2.75, 3.05) is 0 Å². The Morgan fingerprint density at radius 2 is 1.20 bits per heavy atom. The highest BCUT2D eigenvalue weighted by molar-refractivity contribution is 14.3. The van der Waals surface area contributed by atoms with Crippen molar-refractivity contribution in [2.24, 2.45) is 0 Å². The molecular formula is H4I2Mg2S. The molecule has 0 nitrogen and oxygen atoms in total. The Hall–Kier alpha value is 3.34. The lowest BCUT2D eigenvalue weighted by atomic mass is 24.3. The molecule has 0 unspecified atom stereocenters. The second-order valence-corrected chi connectivity index (χ2v) is 13.6. The van der Waals surface area contributed by atoms with Crippen LogP contribution in [0.2, 0.25) is 0 Å². The minimum absolute atomic E-state index is 0. The Kier molecular flexibility index (Phi) is 49.4. The summed E-state index contributed by atoms with van der Waals surface area (Å²) in [6.45, 7) is 0. The van der Waals surface area contributed by atoms with E-state index >= 15 is 0 Å². The number of halogens is 2. The molecule has 5 heavy (non-hydrogen) atoms. The third kappa shape index (κ3) is 18.8. The van der Waals surface area contributed by atoms with Gasteiger partial charge in [-0.2, -0.15) is 13.5 Å². The smallest absolute Gasteiger partial charge is 0.276 e. The summed E-state index contributed by atoms with van der Waals surface area (Å²) in [6.07, 6.45) is 0. The van der Waals surface area contributed by atoms with Gasteiger partial charge in [0.2, 0.25) is 0 Å². The molecule has 0 fully saturated rings. The summed E-state index contributed by atoms with van der Waals surface area (Å²) in [4.78, 5) is 0. The zero-order valence-electron chi connectivity index (χ0n) is 1.96. The molecule has 28 valence electrons. The van der Waals surface area contributed by atoms with Gasteiger partial charge in [-0.05, 0) is 0 Å². The lowest BCUT2D eigenvalue weighted by Crippen LogP contribution is -1.30. The van der Waals surface area contributed by atoms with Gasteiger partial charge in [-0.3, -0.25) is 37.7 Å². The zero-order chi connectivity index (χ0) is 2.71. The highest BCUT2D eigenvalue weighted by Gasteiger charge is 1.61. The molecular weight excluding hydrogens is 334 g/mol. The quantitative estimate of drug-likeness (QED) is 0.448. The van der Waals surface area contributed by atoms with Gasteiger partial charge in [-0.25, -0.2) is 0 Å². The molecule has 0 aliphatic rings. The van der Waals surface area contributed by atoms with Crippen molar-refractivity contribution in [1.82, 2.24) is 0 Å². The summed E-state index contributed by atoms with van der Waals surface area (Å²) >= 11 is 5.18. The fraction of sp³-hybridized carbons (Fsp3) is 0. The number of hydrogen-bond acceptors (Lipinski definition) is 0. The van der Waals surface area contributed by atoms with E-state index in [1.54, 1.807) is 0 Å². The standard InChI is InChI=1S/2HI.2Mg.H2S.2H/h2*1H;;;1H2;;/q;;;+2;;;/p-2. The molecule has 0 rings (SSSR count). The summed E-state index contributed by atoms with van der Waals surface area (Å²) in [6, 6.07) is 0. The van der Waals surface area contributed by atoms with Crippen molar-refractivity contribution in [1.29, 1.82) is 0 Å². The van der Waals surface area contributed by atoms with Crippen LogP contribution in [0.1, 0.15) is 0 Å². The molecule has 0 saturated heterocycles. The SMILES string of the molecule is S.[I][Mg][I].[MgH2]. The van der Waals surface area contributed by atoms with Gasteiger partial charge in [-0.1, -0.05) is 0 Å². The van der Waals surface area contributed by atoms with Crippen molar-refractivity contribution in [3.05, 3.63) is 0 Å². The third-order valence-corrected chi connectivity index (χ3v) is 0. The molecule has 0 aromatic carbocycles. The van der Waals surface area contributed by atoms with Crippen LogP contribution in [0.15, 0.2) is 0 Å². The molecule has 0 aliphatic heterocycles. The molecule has 0 atom stereocenters. The molecule has 0 aromatic rings. The average Bonchev–Trinajstić information content (AvgIpc) is 0.918. The zero-order valence-corrected chi connectivity index (χ0v) is 8.69. The summed E-state index contributed by atoms with van der Waals surface area (Å²) in [5, 5.41) is 0. The van der Waals surface area contributed by atoms with Crippen molar-refractivity contribution in [2.45, 2.75) is 0 Å². The number of rotatable bonds is 0. The molecule has 0 N–H and O–H groups in total. The average molecular weight is 339 g/mol. The monoisotopic (exact) mass is 338 g/mol. The van der Waals surface area contributed by atoms with Crippen LogP contribution >= 0.6 is 51.2 Å². The van der Waals surface area contributed by atoms with Crippen molar-refractivity contribution >= 4 is 86.8 Å². The Morgan fingerprint density at radius 1 is 1.20 bits per heavy atom. The summed E-state index contributed by atoms with van der Waals surface area (Å²) in [5.41, 5.74) is 0. The first kappa shape index (κ1) is 15.8. The normalized spacial score (nSPS) is 2.00. The summed E-state index contributed by atoms with van der Waals surface area (Å²) in [7, 11) is 0. The van der Waals surface area contributed by atoms with Gasteiger partial charge < -0.3 is 0 Å². The molecule has 0 bridgehead atoms. The van der Waals surface area contributed by atoms with Crippen LogP contribution in [-0.2, 0) is 0 Å². The van der Waals surface area contributed by atoms with Gasteiger partial charge in [0.05, 0.1) is 0 Å². The van der Waals surface area contributed by atoms with E-state index in [4.69, 9.17) is 0 Å². The van der Waals surface area contributed by atoms with Gasteiger partial charge in [0.15, 0.2) is 0 Å². The van der Waals surface area contributed by atoms with Crippen molar-refractivity contribution in [3.63, 3.8) is 0 Å². The summed E-state index contributed by atoms with van der Waals surface area (Å²) in [5.74, 6) is 0. The first-order chi connectivity index (χ1) is 1.41. The van der Waals surface area contributed by atoms with Gasteiger partial charge in [0, 0.05) is 0 Å². The predicted molar refractivity (Wildman–Crippen MR) is 52.7 cm³/mol. The van der Waals surface area contributed by atoms with Crippen LogP contribution in [0.4, 0.5) is 0 Å². The van der Waals surface area contributed by atoms with E-state index in [2.05, 4.69) is 37.7 Å². The number of hydrogen-bond donors (Lipinski definition) is 0. The maximum absolute atomic E-state index is 2.41. The van der Waals surface area contributed by atoms with E-state index < -0.39 is 0 Å². The fourth-order valence-electron chi connectivity index (χ4n) is 0. The van der Waals surface area contributed by atoms with Gasteiger partial charge in [0.1, 0.15) is 0 Å². The Labute approximate surface area is 84.7 Å². The first-order valence-electron chi connectivity index (χ1n) is 0.535. The van der Waals surface area contributed by atoms with Gasteiger partial charge >= 0.3 is 35.7 Å². The maximum Gasteiger partial charge on any atom is 0.552 e. The van der Waals surface area contributed by atoms with Crippen molar-refractivity contribution < 1.29 is 0 Å². The molecule has 0 aliphatic carbocycles. The second kappa shape index (κ2) is 15.7. The van der Waals surface area contributed by atoms with Gasteiger partial charge in [0.25, 0.3) is 0 Å². The minimum Gasteiger partial charge on any atom is -0.276 e. The molecule has 0 saturated carbocycles. The highest BCUT2D eigenvalue weighted by Crippen LogP contribution is 1.80. The topological polar surface area (TPSA) is 0 Å². The van der Waals surface area contributed by atoms with Crippen LogP contribution in [0.5, 0.6) is 0 Å². The fourth-order valence-corrected chi connectivity index (χ4v) is 0. The molecule has 0 aromatic heterocycles. The molecule has 0 spiro atoms. The van der Waals surface area contributed by atoms with Crippen LogP contribution in [-0.4, -0.2) is 35.7 Å². The predicted octanol–water partition coefficient (Wildman–Crippen LogP) is 0.587. The van der Waals surface area contributed by atoms with Gasteiger partial charge in [-0.15, -0.1) is 0 Å². The van der Waals surface area contributed by atoms with E-state index in [-0.39, 0.29) is 36.5 Å². The lowest BCUT2D eigenvalue weighted by Gasteiger charge is -1.33.